The van der Waals surface area contributed by atoms with E-state index in [4.69, 9.17) is 11.5 Å². The second-order valence-electron chi connectivity index (χ2n) is 11.7. The van der Waals surface area contributed by atoms with Gasteiger partial charge in [0.2, 0.25) is 11.8 Å². The lowest BCUT2D eigenvalue weighted by Crippen LogP contribution is -2.12. The Balaban J connectivity index is 1.62. The van der Waals surface area contributed by atoms with E-state index in [1.54, 1.807) is 12.1 Å². The summed E-state index contributed by atoms with van der Waals surface area (Å²) in [5.41, 5.74) is 19.8. The van der Waals surface area contributed by atoms with E-state index in [1.165, 1.54) is 22.3 Å². The molecule has 0 saturated heterocycles. The van der Waals surface area contributed by atoms with E-state index in [2.05, 4.69) is 86.6 Å². The van der Waals surface area contributed by atoms with Gasteiger partial charge in [0.1, 0.15) is 0 Å². The SMILES string of the molecule is CC(Cc1c(-c2ccc3c(C(N)=O)cccc3c2CC(C)c2ccccc2)ccc2c(C(N)=O)cccc12)c1ccccc1. The number of hydrogen-bond donors (Lipinski definition) is 2. The molecule has 4 N–H and O–H groups in total. The maximum absolute atomic E-state index is 12.5. The summed E-state index contributed by atoms with van der Waals surface area (Å²) in [6.07, 6.45) is 1.54. The van der Waals surface area contributed by atoms with Crippen molar-refractivity contribution in [3.63, 3.8) is 0 Å². The van der Waals surface area contributed by atoms with E-state index in [9.17, 15) is 9.59 Å². The molecule has 218 valence electrons. The van der Waals surface area contributed by atoms with Crippen molar-refractivity contribution in [2.24, 2.45) is 11.5 Å². The zero-order valence-corrected chi connectivity index (χ0v) is 25.1. The number of nitrogens with two attached hydrogens (primary N) is 2. The molecule has 2 amide bonds. The van der Waals surface area contributed by atoms with Crippen LogP contribution in [-0.4, -0.2) is 11.8 Å². The average molecular weight is 577 g/mol. The van der Waals surface area contributed by atoms with Crippen molar-refractivity contribution in [2.45, 2.75) is 38.5 Å². The number of carbonyl (C=O) groups excluding carboxylic acids is 2. The fourth-order valence-corrected chi connectivity index (χ4v) is 6.63. The largest absolute Gasteiger partial charge is 0.366 e. The molecule has 6 aromatic carbocycles. The molecular formula is C40H36N2O2. The second kappa shape index (κ2) is 12.2. The quantitative estimate of drug-likeness (QED) is 0.181. The zero-order valence-electron chi connectivity index (χ0n) is 25.1. The number of rotatable bonds is 9. The molecule has 44 heavy (non-hydrogen) atoms. The van der Waals surface area contributed by atoms with Crippen molar-refractivity contribution in [3.05, 3.63) is 155 Å². The number of primary amides is 2. The zero-order chi connectivity index (χ0) is 30.8. The van der Waals surface area contributed by atoms with E-state index < -0.39 is 11.8 Å². The molecule has 0 aliphatic carbocycles. The van der Waals surface area contributed by atoms with Crippen LogP contribution >= 0.6 is 0 Å². The Morgan fingerprint density at radius 3 is 1.23 bits per heavy atom. The molecule has 0 radical (unpaired) electrons. The summed E-state index contributed by atoms with van der Waals surface area (Å²) >= 11 is 0. The van der Waals surface area contributed by atoms with Crippen molar-refractivity contribution in [1.82, 2.24) is 0 Å². The molecule has 4 heteroatoms. The first-order valence-corrected chi connectivity index (χ1v) is 15.1. The van der Waals surface area contributed by atoms with Gasteiger partial charge in [-0.1, -0.05) is 123 Å². The number of benzene rings is 6. The van der Waals surface area contributed by atoms with E-state index >= 15 is 0 Å². The molecule has 0 saturated carbocycles. The predicted molar refractivity (Wildman–Crippen MR) is 181 cm³/mol. The van der Waals surface area contributed by atoms with Crippen LogP contribution in [-0.2, 0) is 12.8 Å². The molecule has 0 bridgehead atoms. The monoisotopic (exact) mass is 576 g/mol. The summed E-state index contributed by atoms with van der Waals surface area (Å²) in [6, 6.07) is 41.0. The van der Waals surface area contributed by atoms with Gasteiger partial charge in [-0.25, -0.2) is 0 Å². The lowest BCUT2D eigenvalue weighted by molar-refractivity contribution is 0.0993. The van der Waals surface area contributed by atoms with Crippen LogP contribution in [0.25, 0.3) is 32.7 Å². The highest BCUT2D eigenvalue weighted by Crippen LogP contribution is 2.41. The van der Waals surface area contributed by atoms with Crippen LogP contribution in [0.15, 0.2) is 121 Å². The molecule has 2 atom stereocenters. The third-order valence-corrected chi connectivity index (χ3v) is 8.92. The van der Waals surface area contributed by atoms with Gasteiger partial charge in [-0.3, -0.25) is 9.59 Å². The van der Waals surface area contributed by atoms with Crippen LogP contribution in [0.3, 0.4) is 0 Å². The summed E-state index contributed by atoms with van der Waals surface area (Å²) < 4.78 is 0. The lowest BCUT2D eigenvalue weighted by Gasteiger charge is -2.23. The molecule has 0 aliphatic rings. The molecule has 2 unspecified atom stereocenters. The first-order valence-electron chi connectivity index (χ1n) is 15.1. The Hall–Kier alpha value is -5.22. The molecular weight excluding hydrogens is 540 g/mol. The Bertz CT molecular complexity index is 1850. The van der Waals surface area contributed by atoms with Gasteiger partial charge < -0.3 is 11.5 Å². The number of hydrogen-bond acceptors (Lipinski definition) is 2. The number of carbonyl (C=O) groups is 2. The molecule has 4 nitrogen and oxygen atoms in total. The number of fused-ring (bicyclic) bond motifs is 2. The summed E-state index contributed by atoms with van der Waals surface area (Å²) in [6.45, 7) is 4.49. The molecule has 6 aromatic rings. The maximum Gasteiger partial charge on any atom is 0.249 e. The highest BCUT2D eigenvalue weighted by molar-refractivity contribution is 6.10. The van der Waals surface area contributed by atoms with Crippen LogP contribution in [0.2, 0.25) is 0 Å². The van der Waals surface area contributed by atoms with Crippen LogP contribution < -0.4 is 11.5 Å². The van der Waals surface area contributed by atoms with Gasteiger partial charge in [0.25, 0.3) is 0 Å². The van der Waals surface area contributed by atoms with Gasteiger partial charge in [0.05, 0.1) is 0 Å². The van der Waals surface area contributed by atoms with Gasteiger partial charge in [0, 0.05) is 11.1 Å². The summed E-state index contributed by atoms with van der Waals surface area (Å²) in [5.74, 6) is -0.419. The molecule has 0 fully saturated rings. The molecule has 0 aromatic heterocycles. The molecule has 0 spiro atoms. The highest BCUT2D eigenvalue weighted by atomic mass is 16.1. The smallest absolute Gasteiger partial charge is 0.249 e. The standard InChI is InChI=1S/C40H36N2O2/c1-25(27-11-5-3-6-12-27)23-37-29-15-9-17-35(39(41)43)31(29)19-21-33(37)34-22-20-32-30(16-10-18-36(32)40(42)44)38(34)24-26(2)28-13-7-4-8-14-28/h3-22,25-26H,23-24H2,1-2H3,(H2,41,43)(H2,42,44). The molecule has 0 heterocycles. The van der Waals surface area contributed by atoms with Crippen LogP contribution in [0.5, 0.6) is 0 Å². The summed E-state index contributed by atoms with van der Waals surface area (Å²) in [4.78, 5) is 24.9. The Morgan fingerprint density at radius 1 is 0.477 bits per heavy atom. The van der Waals surface area contributed by atoms with E-state index in [-0.39, 0.29) is 11.8 Å². The second-order valence-corrected chi connectivity index (χ2v) is 11.7. The lowest BCUT2D eigenvalue weighted by atomic mass is 9.81. The van der Waals surface area contributed by atoms with E-state index in [0.717, 1.165) is 45.5 Å². The van der Waals surface area contributed by atoms with Crippen molar-refractivity contribution in [3.8, 4) is 11.1 Å². The van der Waals surface area contributed by atoms with Gasteiger partial charge in [-0.2, -0.15) is 0 Å². The minimum atomic E-state index is -0.438. The van der Waals surface area contributed by atoms with Gasteiger partial charge >= 0.3 is 0 Å². The van der Waals surface area contributed by atoms with Crippen molar-refractivity contribution in [2.75, 3.05) is 0 Å². The Kier molecular flexibility index (Phi) is 7.99. The first kappa shape index (κ1) is 28.9. The van der Waals surface area contributed by atoms with Crippen molar-refractivity contribution < 1.29 is 9.59 Å². The third kappa shape index (κ3) is 5.47. The molecule has 6 rings (SSSR count). The van der Waals surface area contributed by atoms with Gasteiger partial charge in [-0.05, 0) is 91.7 Å². The van der Waals surface area contributed by atoms with E-state index in [0.29, 0.717) is 11.1 Å². The van der Waals surface area contributed by atoms with Gasteiger partial charge in [0.15, 0.2) is 0 Å². The molecule has 0 aliphatic heterocycles. The topological polar surface area (TPSA) is 86.2 Å². The summed E-state index contributed by atoms with van der Waals surface area (Å²) in [7, 11) is 0. The fraction of sp³-hybridized carbons (Fsp3) is 0.150. The van der Waals surface area contributed by atoms with Crippen molar-refractivity contribution in [1.29, 1.82) is 0 Å². The predicted octanol–water partition coefficient (Wildman–Crippen LogP) is 8.55. The highest BCUT2D eigenvalue weighted by Gasteiger charge is 2.22. The van der Waals surface area contributed by atoms with Gasteiger partial charge in [-0.15, -0.1) is 0 Å². The van der Waals surface area contributed by atoms with E-state index in [1.807, 2.05) is 36.4 Å². The first-order chi connectivity index (χ1) is 21.3. The van der Waals surface area contributed by atoms with Crippen LogP contribution in [0.4, 0.5) is 0 Å². The Morgan fingerprint density at radius 2 is 0.864 bits per heavy atom. The summed E-state index contributed by atoms with van der Waals surface area (Å²) in [5, 5.41) is 3.76. The normalized spacial score (nSPS) is 12.7. The third-order valence-electron chi connectivity index (χ3n) is 8.92. The minimum absolute atomic E-state index is 0.228. The average Bonchev–Trinajstić information content (AvgIpc) is 3.05. The Labute approximate surface area is 258 Å². The fourth-order valence-electron chi connectivity index (χ4n) is 6.63. The van der Waals surface area contributed by atoms with Crippen molar-refractivity contribution >= 4 is 33.4 Å². The van der Waals surface area contributed by atoms with Crippen LogP contribution in [0.1, 0.15) is 68.7 Å². The van der Waals surface area contributed by atoms with Crippen LogP contribution in [0, 0.1) is 0 Å². The minimum Gasteiger partial charge on any atom is -0.366 e. The maximum atomic E-state index is 12.5. The number of amides is 2.